The number of methoxy groups -OCH3 is 1. The number of sulfonamides is 1. The van der Waals surface area contributed by atoms with E-state index in [1.54, 1.807) is 24.3 Å². The minimum absolute atomic E-state index is 0.204. The molecule has 2 aromatic carbocycles. The Hall–Kier alpha value is -3.32. The summed E-state index contributed by atoms with van der Waals surface area (Å²) in [6.45, 7) is 4.04. The van der Waals surface area contributed by atoms with Gasteiger partial charge in [0, 0.05) is 18.0 Å². The van der Waals surface area contributed by atoms with Gasteiger partial charge in [-0.15, -0.1) is 0 Å². The van der Waals surface area contributed by atoms with E-state index in [4.69, 9.17) is 4.74 Å². The summed E-state index contributed by atoms with van der Waals surface area (Å²) in [4.78, 5) is 4.86. The van der Waals surface area contributed by atoms with Gasteiger partial charge in [0.05, 0.1) is 23.4 Å². The number of aryl methyl sites for hydroxylation is 2. The average Bonchev–Trinajstić information content (AvgIpc) is 3.16. The van der Waals surface area contributed by atoms with E-state index in [-0.39, 0.29) is 4.90 Å². The SMILES string of the molecule is CCc1ccc(S(=O)(=O)Nc2cc(-c3cn4ccc(C)cc4n3)ccc2OC)cc1. The molecule has 7 heteroatoms. The van der Waals surface area contributed by atoms with Gasteiger partial charge >= 0.3 is 0 Å². The topological polar surface area (TPSA) is 72.7 Å². The van der Waals surface area contributed by atoms with E-state index >= 15 is 0 Å². The third kappa shape index (κ3) is 3.89. The van der Waals surface area contributed by atoms with Crippen LogP contribution in [0.2, 0.25) is 0 Å². The van der Waals surface area contributed by atoms with Crippen molar-refractivity contribution in [3.63, 3.8) is 0 Å². The summed E-state index contributed by atoms with van der Waals surface area (Å²) in [7, 11) is -2.25. The first-order valence-electron chi connectivity index (χ1n) is 9.65. The molecule has 2 heterocycles. The number of rotatable bonds is 6. The van der Waals surface area contributed by atoms with Gasteiger partial charge in [-0.25, -0.2) is 13.4 Å². The molecule has 2 aromatic heterocycles. The zero-order valence-corrected chi connectivity index (χ0v) is 17.9. The highest BCUT2D eigenvalue weighted by molar-refractivity contribution is 7.92. The first-order valence-corrected chi connectivity index (χ1v) is 11.1. The van der Waals surface area contributed by atoms with Gasteiger partial charge in [-0.05, 0) is 66.9 Å². The summed E-state index contributed by atoms with van der Waals surface area (Å²) in [6.07, 6.45) is 4.72. The molecule has 0 saturated carbocycles. The lowest BCUT2D eigenvalue weighted by Gasteiger charge is -2.13. The monoisotopic (exact) mass is 421 g/mol. The zero-order chi connectivity index (χ0) is 21.3. The molecule has 0 aliphatic heterocycles. The molecule has 0 bridgehead atoms. The number of fused-ring (bicyclic) bond motifs is 1. The highest BCUT2D eigenvalue weighted by atomic mass is 32.2. The number of nitrogens with one attached hydrogen (secondary N) is 1. The van der Waals surface area contributed by atoms with Crippen LogP contribution in [0.3, 0.4) is 0 Å². The van der Waals surface area contributed by atoms with Crippen LogP contribution in [0, 0.1) is 6.92 Å². The number of pyridine rings is 1. The third-order valence-electron chi connectivity index (χ3n) is 5.00. The fraction of sp³-hybridized carbons (Fsp3) is 0.174. The molecular weight excluding hydrogens is 398 g/mol. The van der Waals surface area contributed by atoms with Crippen molar-refractivity contribution in [2.75, 3.05) is 11.8 Å². The molecule has 0 spiro atoms. The van der Waals surface area contributed by atoms with Crippen molar-refractivity contribution in [3.8, 4) is 17.0 Å². The van der Waals surface area contributed by atoms with E-state index in [2.05, 4.69) is 9.71 Å². The molecule has 0 aliphatic carbocycles. The van der Waals surface area contributed by atoms with Crippen molar-refractivity contribution in [1.29, 1.82) is 0 Å². The van der Waals surface area contributed by atoms with E-state index in [1.165, 1.54) is 7.11 Å². The summed E-state index contributed by atoms with van der Waals surface area (Å²) in [5, 5.41) is 0. The summed E-state index contributed by atoms with van der Waals surface area (Å²) in [5.74, 6) is 0.437. The molecule has 0 amide bonds. The second kappa shape index (κ2) is 7.84. The number of imidazole rings is 1. The van der Waals surface area contributed by atoms with Crippen LogP contribution in [-0.4, -0.2) is 24.9 Å². The number of aromatic nitrogens is 2. The normalized spacial score (nSPS) is 11.6. The molecule has 0 aliphatic rings. The zero-order valence-electron chi connectivity index (χ0n) is 17.1. The maximum atomic E-state index is 12.9. The van der Waals surface area contributed by atoms with Crippen molar-refractivity contribution in [1.82, 2.24) is 9.38 Å². The fourth-order valence-corrected chi connectivity index (χ4v) is 4.34. The van der Waals surface area contributed by atoms with Crippen molar-refractivity contribution in [2.45, 2.75) is 25.2 Å². The van der Waals surface area contributed by atoms with E-state index in [9.17, 15) is 8.42 Å². The van der Waals surface area contributed by atoms with Crippen LogP contribution in [0.4, 0.5) is 5.69 Å². The van der Waals surface area contributed by atoms with Crippen molar-refractivity contribution in [3.05, 3.63) is 78.1 Å². The Bertz CT molecular complexity index is 1310. The smallest absolute Gasteiger partial charge is 0.262 e. The van der Waals surface area contributed by atoms with Crippen LogP contribution in [0.5, 0.6) is 5.75 Å². The van der Waals surface area contributed by atoms with Crippen LogP contribution >= 0.6 is 0 Å². The molecule has 4 aromatic rings. The number of benzene rings is 2. The lowest BCUT2D eigenvalue weighted by molar-refractivity contribution is 0.417. The molecule has 154 valence electrons. The van der Waals surface area contributed by atoms with Crippen LogP contribution in [0.1, 0.15) is 18.1 Å². The highest BCUT2D eigenvalue weighted by Crippen LogP contribution is 2.32. The predicted molar refractivity (Wildman–Crippen MR) is 119 cm³/mol. The Morgan fingerprint density at radius 1 is 1.07 bits per heavy atom. The van der Waals surface area contributed by atoms with Crippen molar-refractivity contribution >= 4 is 21.4 Å². The van der Waals surface area contributed by atoms with Crippen molar-refractivity contribution < 1.29 is 13.2 Å². The molecule has 0 unspecified atom stereocenters. The minimum atomic E-state index is -3.76. The first kappa shape index (κ1) is 20.0. The van der Waals surface area contributed by atoms with E-state index < -0.39 is 10.0 Å². The Morgan fingerprint density at radius 3 is 2.53 bits per heavy atom. The average molecular weight is 422 g/mol. The van der Waals surface area contributed by atoms with Gasteiger partial charge in [-0.1, -0.05) is 19.1 Å². The Labute approximate surface area is 176 Å². The Morgan fingerprint density at radius 2 is 1.83 bits per heavy atom. The van der Waals surface area contributed by atoms with E-state index in [0.717, 1.165) is 34.5 Å². The number of nitrogens with zero attached hydrogens (tertiary/aromatic N) is 2. The van der Waals surface area contributed by atoms with Crippen LogP contribution in [-0.2, 0) is 16.4 Å². The molecule has 1 N–H and O–H groups in total. The molecule has 4 rings (SSSR count). The summed E-state index contributed by atoms with van der Waals surface area (Å²) < 4.78 is 35.8. The predicted octanol–water partition coefficient (Wildman–Crippen LogP) is 4.68. The first-order chi connectivity index (χ1) is 14.4. The molecule has 6 nitrogen and oxygen atoms in total. The van der Waals surface area contributed by atoms with Gasteiger partial charge in [0.15, 0.2) is 0 Å². The fourth-order valence-electron chi connectivity index (χ4n) is 3.28. The maximum absolute atomic E-state index is 12.9. The maximum Gasteiger partial charge on any atom is 0.262 e. The molecule has 0 saturated heterocycles. The van der Waals surface area contributed by atoms with E-state index in [1.807, 2.05) is 61.0 Å². The molecule has 0 fully saturated rings. The number of hydrogen-bond acceptors (Lipinski definition) is 4. The Kier molecular flexibility index (Phi) is 5.22. The molecule has 0 atom stereocenters. The molecular formula is C23H23N3O3S. The number of ether oxygens (including phenoxy) is 1. The molecule has 0 radical (unpaired) electrons. The Balaban J connectivity index is 1.71. The third-order valence-corrected chi connectivity index (χ3v) is 6.38. The standard InChI is InChI=1S/C23H23N3O3S/c1-4-17-5-8-19(9-6-17)30(27,28)25-20-14-18(7-10-22(20)29-3)21-15-26-12-11-16(2)13-23(26)24-21/h5-15,25H,4H2,1-3H3. The number of anilines is 1. The van der Waals surface area contributed by atoms with Gasteiger partial charge in [0.1, 0.15) is 11.4 Å². The quantitative estimate of drug-likeness (QED) is 0.491. The minimum Gasteiger partial charge on any atom is -0.495 e. The van der Waals surface area contributed by atoms with Crippen LogP contribution < -0.4 is 9.46 Å². The summed E-state index contributed by atoms with van der Waals surface area (Å²) in [5.41, 5.74) is 4.93. The number of hydrogen-bond donors (Lipinski definition) is 1. The second-order valence-electron chi connectivity index (χ2n) is 7.11. The van der Waals surface area contributed by atoms with Gasteiger partial charge in [0.25, 0.3) is 10.0 Å². The second-order valence-corrected chi connectivity index (χ2v) is 8.80. The van der Waals surface area contributed by atoms with Crippen LogP contribution in [0.15, 0.2) is 71.9 Å². The largest absolute Gasteiger partial charge is 0.495 e. The van der Waals surface area contributed by atoms with Crippen LogP contribution in [0.25, 0.3) is 16.9 Å². The van der Waals surface area contributed by atoms with Gasteiger partial charge in [-0.3, -0.25) is 4.72 Å². The summed E-state index contributed by atoms with van der Waals surface area (Å²) in [6, 6.07) is 16.2. The van der Waals surface area contributed by atoms with Crippen molar-refractivity contribution in [2.24, 2.45) is 0 Å². The van der Waals surface area contributed by atoms with Gasteiger partial charge in [0.2, 0.25) is 0 Å². The molecule has 30 heavy (non-hydrogen) atoms. The van der Waals surface area contributed by atoms with Gasteiger partial charge in [-0.2, -0.15) is 0 Å². The van der Waals surface area contributed by atoms with Gasteiger partial charge < -0.3 is 9.14 Å². The lowest BCUT2D eigenvalue weighted by Crippen LogP contribution is -2.13. The lowest BCUT2D eigenvalue weighted by atomic mass is 10.1. The summed E-state index contributed by atoms with van der Waals surface area (Å²) >= 11 is 0. The van der Waals surface area contributed by atoms with E-state index in [0.29, 0.717) is 11.4 Å². The highest BCUT2D eigenvalue weighted by Gasteiger charge is 2.18.